The number of rotatable bonds is 10. The van der Waals surface area contributed by atoms with Crippen molar-refractivity contribution in [3.63, 3.8) is 0 Å². The van der Waals surface area contributed by atoms with Gasteiger partial charge in [-0.25, -0.2) is 0 Å². The lowest BCUT2D eigenvalue weighted by Crippen LogP contribution is -2.13. The van der Waals surface area contributed by atoms with Crippen LogP contribution in [0, 0.1) is 0 Å². The number of hydrogen-bond acceptors (Lipinski definition) is 4. The van der Waals surface area contributed by atoms with Crippen molar-refractivity contribution in [1.29, 1.82) is 0 Å². The van der Waals surface area contributed by atoms with Gasteiger partial charge in [-0.05, 0) is 13.0 Å². The third-order valence-corrected chi connectivity index (χ3v) is 2.34. The van der Waals surface area contributed by atoms with Gasteiger partial charge in [0.1, 0.15) is 0 Å². The van der Waals surface area contributed by atoms with Crippen molar-refractivity contribution in [2.75, 3.05) is 33.5 Å². The topological polar surface area (TPSA) is 48.3 Å². The average molecular weight is 241 g/mol. The van der Waals surface area contributed by atoms with Crippen LogP contribution >= 0.6 is 0 Å². The van der Waals surface area contributed by atoms with Crippen molar-refractivity contribution in [3.8, 4) is 0 Å². The minimum Gasteiger partial charge on any atom is -0.382 e. The molecular weight excluding hydrogens is 218 g/mol. The van der Waals surface area contributed by atoms with E-state index in [9.17, 15) is 0 Å². The Morgan fingerprint density at radius 2 is 2.24 bits per heavy atom. The van der Waals surface area contributed by atoms with Crippen molar-refractivity contribution in [2.24, 2.45) is 0 Å². The van der Waals surface area contributed by atoms with Crippen molar-refractivity contribution in [3.05, 3.63) is 18.0 Å². The fourth-order valence-corrected chi connectivity index (χ4v) is 1.43. The summed E-state index contributed by atoms with van der Waals surface area (Å²) in [5.74, 6) is 0. The van der Waals surface area contributed by atoms with E-state index in [0.29, 0.717) is 19.8 Å². The maximum absolute atomic E-state index is 5.38. The Hall–Kier alpha value is -0.910. The predicted molar refractivity (Wildman–Crippen MR) is 66.9 cm³/mol. The van der Waals surface area contributed by atoms with E-state index in [1.165, 1.54) is 5.56 Å². The minimum atomic E-state index is 0.642. The van der Waals surface area contributed by atoms with Gasteiger partial charge in [-0.1, -0.05) is 6.92 Å². The molecule has 1 aromatic heterocycles. The van der Waals surface area contributed by atoms with Crippen molar-refractivity contribution < 1.29 is 9.47 Å². The molecule has 0 aliphatic carbocycles. The Kier molecular flexibility index (Phi) is 7.62. The number of aromatic nitrogens is 2. The highest BCUT2D eigenvalue weighted by molar-refractivity contribution is 5.03. The number of hydrogen-bond donors (Lipinski definition) is 1. The first-order valence-electron chi connectivity index (χ1n) is 6.15. The molecule has 0 saturated heterocycles. The van der Waals surface area contributed by atoms with Gasteiger partial charge in [-0.2, -0.15) is 5.10 Å². The molecule has 1 heterocycles. The maximum Gasteiger partial charge on any atom is 0.0701 e. The summed E-state index contributed by atoms with van der Waals surface area (Å²) >= 11 is 0. The quantitative estimate of drug-likeness (QED) is 0.622. The molecule has 1 rings (SSSR count). The minimum absolute atomic E-state index is 0.642. The lowest BCUT2D eigenvalue weighted by atomic mass is 10.3. The summed E-state index contributed by atoms with van der Waals surface area (Å²) in [6.07, 6.45) is 5.11. The van der Waals surface area contributed by atoms with Crippen LogP contribution in [0.4, 0.5) is 0 Å². The second kappa shape index (κ2) is 9.15. The van der Waals surface area contributed by atoms with E-state index < -0.39 is 0 Å². The van der Waals surface area contributed by atoms with Crippen molar-refractivity contribution >= 4 is 0 Å². The molecule has 17 heavy (non-hydrogen) atoms. The Balaban J connectivity index is 2.12. The van der Waals surface area contributed by atoms with Gasteiger partial charge in [0.2, 0.25) is 0 Å². The second-order valence-electron chi connectivity index (χ2n) is 3.89. The van der Waals surface area contributed by atoms with Gasteiger partial charge in [0, 0.05) is 25.4 Å². The zero-order chi connectivity index (χ0) is 12.3. The smallest absolute Gasteiger partial charge is 0.0701 e. The van der Waals surface area contributed by atoms with Crippen LogP contribution in [0.15, 0.2) is 12.4 Å². The van der Waals surface area contributed by atoms with Crippen LogP contribution < -0.4 is 5.32 Å². The summed E-state index contributed by atoms with van der Waals surface area (Å²) in [6, 6.07) is 0. The van der Waals surface area contributed by atoms with E-state index in [1.54, 1.807) is 7.11 Å². The molecule has 0 saturated carbocycles. The lowest BCUT2D eigenvalue weighted by Gasteiger charge is -2.03. The normalized spacial score (nSPS) is 10.9. The molecule has 0 amide bonds. The fourth-order valence-electron chi connectivity index (χ4n) is 1.43. The molecule has 0 radical (unpaired) electrons. The zero-order valence-corrected chi connectivity index (χ0v) is 10.8. The Morgan fingerprint density at radius 3 is 3.00 bits per heavy atom. The molecule has 0 bridgehead atoms. The molecule has 1 aromatic rings. The van der Waals surface area contributed by atoms with Gasteiger partial charge in [0.15, 0.2) is 0 Å². The zero-order valence-electron chi connectivity index (χ0n) is 10.8. The van der Waals surface area contributed by atoms with Crippen LogP contribution in [0.3, 0.4) is 0 Å². The van der Waals surface area contributed by atoms with Crippen molar-refractivity contribution in [1.82, 2.24) is 15.1 Å². The largest absolute Gasteiger partial charge is 0.382 e. The molecule has 0 aliphatic heterocycles. The molecule has 98 valence electrons. The molecule has 5 nitrogen and oxygen atoms in total. The monoisotopic (exact) mass is 241 g/mol. The summed E-state index contributed by atoms with van der Waals surface area (Å²) in [6.45, 7) is 6.84. The fraction of sp³-hybridized carbons (Fsp3) is 0.750. The average Bonchev–Trinajstić information content (AvgIpc) is 2.77. The van der Waals surface area contributed by atoms with Gasteiger partial charge in [-0.3, -0.25) is 4.68 Å². The predicted octanol–water partition coefficient (Wildman–Crippen LogP) is 1.05. The van der Waals surface area contributed by atoms with E-state index in [2.05, 4.69) is 23.5 Å². The Morgan fingerprint density at radius 1 is 1.35 bits per heavy atom. The summed E-state index contributed by atoms with van der Waals surface area (Å²) in [4.78, 5) is 0. The summed E-state index contributed by atoms with van der Waals surface area (Å²) in [5, 5.41) is 7.63. The highest BCUT2D eigenvalue weighted by atomic mass is 16.5. The maximum atomic E-state index is 5.38. The molecule has 1 N–H and O–H groups in total. The van der Waals surface area contributed by atoms with Gasteiger partial charge in [0.25, 0.3) is 0 Å². The number of methoxy groups -OCH3 is 1. The molecule has 0 aliphatic rings. The third-order valence-electron chi connectivity index (χ3n) is 2.34. The standard InChI is InChI=1S/C12H23N3O2/c1-3-4-13-9-12-10-14-15(11-12)5-6-17-8-7-16-2/h10-11,13H,3-9H2,1-2H3. The number of ether oxygens (including phenoxy) is 2. The van der Waals surface area contributed by atoms with E-state index in [-0.39, 0.29) is 0 Å². The van der Waals surface area contributed by atoms with Gasteiger partial charge >= 0.3 is 0 Å². The number of nitrogens with zero attached hydrogens (tertiary/aromatic N) is 2. The lowest BCUT2D eigenvalue weighted by molar-refractivity contribution is 0.0654. The molecular formula is C12H23N3O2. The van der Waals surface area contributed by atoms with Crippen LogP contribution in [-0.4, -0.2) is 43.3 Å². The first-order chi connectivity index (χ1) is 8.36. The van der Waals surface area contributed by atoms with Crippen LogP contribution in [0.1, 0.15) is 18.9 Å². The third kappa shape index (κ3) is 6.41. The first-order valence-corrected chi connectivity index (χ1v) is 6.15. The van der Waals surface area contributed by atoms with Gasteiger partial charge in [0.05, 0.1) is 32.6 Å². The van der Waals surface area contributed by atoms with Crippen molar-refractivity contribution in [2.45, 2.75) is 26.4 Å². The molecule has 0 atom stereocenters. The Bertz CT molecular complexity index is 289. The summed E-state index contributed by atoms with van der Waals surface area (Å²) in [5.41, 5.74) is 1.22. The highest BCUT2D eigenvalue weighted by Gasteiger charge is 1.98. The van der Waals surface area contributed by atoms with Crippen LogP contribution in [0.2, 0.25) is 0 Å². The molecule has 0 fully saturated rings. The molecule has 5 heteroatoms. The van der Waals surface area contributed by atoms with E-state index in [1.807, 2.05) is 10.9 Å². The SMILES string of the molecule is CCCNCc1cnn(CCOCCOC)c1. The van der Waals surface area contributed by atoms with E-state index in [4.69, 9.17) is 9.47 Å². The van der Waals surface area contributed by atoms with Gasteiger partial charge in [-0.15, -0.1) is 0 Å². The number of nitrogens with one attached hydrogen (secondary N) is 1. The Labute approximate surface area is 103 Å². The van der Waals surface area contributed by atoms with Crippen LogP contribution in [0.25, 0.3) is 0 Å². The van der Waals surface area contributed by atoms with Gasteiger partial charge < -0.3 is 14.8 Å². The summed E-state index contributed by atoms with van der Waals surface area (Å²) < 4.78 is 12.2. The molecule has 0 aromatic carbocycles. The van der Waals surface area contributed by atoms with E-state index in [0.717, 1.165) is 26.1 Å². The molecule has 0 spiro atoms. The highest BCUT2D eigenvalue weighted by Crippen LogP contribution is 1.97. The van der Waals surface area contributed by atoms with Crippen LogP contribution in [-0.2, 0) is 22.6 Å². The first kappa shape index (κ1) is 14.2. The molecule has 0 unspecified atom stereocenters. The summed E-state index contributed by atoms with van der Waals surface area (Å²) in [7, 11) is 1.67. The van der Waals surface area contributed by atoms with Crippen LogP contribution in [0.5, 0.6) is 0 Å². The second-order valence-corrected chi connectivity index (χ2v) is 3.89. The van der Waals surface area contributed by atoms with E-state index >= 15 is 0 Å².